The van der Waals surface area contributed by atoms with E-state index in [1.807, 2.05) is 13.8 Å². The Hall–Kier alpha value is -0.220. The van der Waals surface area contributed by atoms with E-state index < -0.39 is 0 Å². The zero-order chi connectivity index (χ0) is 65.3. The molecule has 4 atom stereocenters. The molecule has 0 saturated carbocycles. The summed E-state index contributed by atoms with van der Waals surface area (Å²) in [4.78, 5) is 12.0. The monoisotopic (exact) mass is 1280 g/mol. The lowest BCUT2D eigenvalue weighted by Gasteiger charge is -2.27. The standard InChI is InChI=1S/C41H81NO4.C24H51NO2.C7H18N2S.C2H6.CH4S/c1-4-6-8-10-12-14-16-18-20-22-24-26-28-30-34-40(43)38-42(36-32-33-37-46-45-3)39-41(44)35-31-29-27-25-23-21-19-17-15-13-11-9-7-5-2;1-3-5-7-9-11-13-15-17-19-23(26)21-25-22-24(27)20-18-16-14-12-10-8-6-4-2;1-2-8-7-9-5-3-4-6-10;2*1-2/h18-21,40-41,43-44H,4-17,22-39H2,1-3H3;23-27H,3-22H2,1-2H3;8-10H,2-7H2,1H3;1-2H3;2H,1H3/b20-18-,21-19-;;;;. The van der Waals surface area contributed by atoms with Crippen LogP contribution in [0.25, 0.3) is 0 Å². The molecule has 12 heteroatoms. The fourth-order valence-corrected chi connectivity index (χ4v) is 10.7. The molecular weight excluding hydrogens is 1120 g/mol. The highest BCUT2D eigenvalue weighted by Crippen LogP contribution is 2.16. The van der Waals surface area contributed by atoms with E-state index in [1.54, 1.807) is 13.4 Å². The van der Waals surface area contributed by atoms with E-state index in [2.05, 4.69) is 105 Å². The number of unbranched alkanes of at least 4 members (excludes halogenated alkanes) is 36. The molecule has 0 radical (unpaired) electrons. The molecule has 0 aliphatic carbocycles. The summed E-state index contributed by atoms with van der Waals surface area (Å²) in [5.74, 6) is 1.00. The Morgan fingerprint density at radius 2 is 0.701 bits per heavy atom. The highest BCUT2D eigenvalue weighted by Gasteiger charge is 2.16. The minimum Gasteiger partial charge on any atom is -0.392 e. The van der Waals surface area contributed by atoms with Crippen molar-refractivity contribution in [3.8, 4) is 0 Å². The molecule has 0 rings (SSSR count). The molecule has 0 heterocycles. The van der Waals surface area contributed by atoms with Crippen LogP contribution in [0.5, 0.6) is 0 Å². The van der Waals surface area contributed by atoms with Gasteiger partial charge in [-0.05, 0) is 134 Å². The van der Waals surface area contributed by atoms with Gasteiger partial charge in [-0.3, -0.25) is 4.90 Å². The Kier molecular flexibility index (Phi) is 101. The van der Waals surface area contributed by atoms with Crippen molar-refractivity contribution in [1.29, 1.82) is 0 Å². The van der Waals surface area contributed by atoms with E-state index in [9.17, 15) is 20.4 Å². The third kappa shape index (κ3) is 94.6. The largest absolute Gasteiger partial charge is 0.392 e. The second-order valence-corrected chi connectivity index (χ2v) is 25.0. The van der Waals surface area contributed by atoms with Gasteiger partial charge in [0, 0.05) is 32.8 Å². The van der Waals surface area contributed by atoms with Crippen LogP contribution < -0.4 is 16.0 Å². The smallest absolute Gasteiger partial charge is 0.0822 e. The molecule has 10 nitrogen and oxygen atoms in total. The van der Waals surface area contributed by atoms with Crippen molar-refractivity contribution in [2.24, 2.45) is 0 Å². The number of aliphatic hydroxyl groups is 4. The Labute approximate surface area is 556 Å². The van der Waals surface area contributed by atoms with Crippen LogP contribution in [0.1, 0.15) is 357 Å². The van der Waals surface area contributed by atoms with Gasteiger partial charge in [0.25, 0.3) is 0 Å². The number of hydrogen-bond donors (Lipinski definition) is 9. The van der Waals surface area contributed by atoms with Gasteiger partial charge < -0.3 is 36.4 Å². The molecule has 528 valence electrons. The first-order valence-corrected chi connectivity index (χ1v) is 39.4. The molecule has 0 aliphatic rings. The lowest BCUT2D eigenvalue weighted by molar-refractivity contribution is -0.272. The molecule has 0 aromatic rings. The summed E-state index contributed by atoms with van der Waals surface area (Å²) in [5.41, 5.74) is 0. The SMILES string of the molecule is CC.CCCCCCCC/C=C\CCCCCCC(O)CN(CCCCOOC)CC(O)CCCCCC/C=C\CCCCCCCC.CCCCCCCCCCC(O)CNCC(O)CCCCCCCCCC.CCNCNCCCCS.CS. The minimum absolute atomic E-state index is 0.264. The first-order valence-electron chi connectivity index (χ1n) is 37.8. The summed E-state index contributed by atoms with van der Waals surface area (Å²) < 4.78 is 0. The molecule has 0 aromatic carbocycles. The number of nitrogens with one attached hydrogen (secondary N) is 3. The minimum atomic E-state index is -0.325. The average molecular weight is 1280 g/mol. The number of hydrogen-bond acceptors (Lipinski definition) is 12. The normalized spacial score (nSPS) is 12.7. The van der Waals surface area contributed by atoms with E-state index in [-0.39, 0.29) is 24.4 Å². The number of nitrogens with zero attached hydrogens (tertiary/aromatic N) is 1. The third-order valence-electron chi connectivity index (χ3n) is 15.9. The maximum Gasteiger partial charge on any atom is 0.0822 e. The van der Waals surface area contributed by atoms with Gasteiger partial charge in [0.2, 0.25) is 0 Å². The van der Waals surface area contributed by atoms with Gasteiger partial charge in [0.05, 0.1) is 38.1 Å². The van der Waals surface area contributed by atoms with Gasteiger partial charge in [-0.2, -0.15) is 25.3 Å². The summed E-state index contributed by atoms with van der Waals surface area (Å²) in [6.45, 7) is 22.2. The van der Waals surface area contributed by atoms with Gasteiger partial charge >= 0.3 is 0 Å². The van der Waals surface area contributed by atoms with E-state index in [0.717, 1.165) is 96.3 Å². The van der Waals surface area contributed by atoms with Crippen LogP contribution in [0.3, 0.4) is 0 Å². The van der Waals surface area contributed by atoms with Gasteiger partial charge in [0.1, 0.15) is 0 Å². The fourth-order valence-electron chi connectivity index (χ4n) is 10.5. The molecule has 0 amide bonds. The predicted octanol–water partition coefficient (Wildman–Crippen LogP) is 20.4. The number of aliphatic hydroxyl groups excluding tert-OH is 4. The summed E-state index contributed by atoms with van der Waals surface area (Å²) in [6, 6.07) is 0. The molecule has 0 fully saturated rings. The second-order valence-electron chi connectivity index (χ2n) is 24.5. The maximum atomic E-state index is 10.8. The van der Waals surface area contributed by atoms with Crippen LogP contribution in [0.15, 0.2) is 24.3 Å². The van der Waals surface area contributed by atoms with Crippen molar-refractivity contribution in [2.45, 2.75) is 381 Å². The number of allylic oxidation sites excluding steroid dienone is 4. The molecule has 0 spiro atoms. The lowest BCUT2D eigenvalue weighted by atomic mass is 10.1. The zero-order valence-electron chi connectivity index (χ0n) is 60.1. The molecule has 0 aliphatic heterocycles. The van der Waals surface area contributed by atoms with Gasteiger partial charge in [-0.15, -0.1) is 0 Å². The highest BCUT2D eigenvalue weighted by atomic mass is 32.1. The first-order chi connectivity index (χ1) is 42.7. The quantitative estimate of drug-likeness (QED) is 0.00723. The van der Waals surface area contributed by atoms with E-state index in [0.29, 0.717) is 32.8 Å². The van der Waals surface area contributed by atoms with Crippen LogP contribution in [0.2, 0.25) is 0 Å². The summed E-state index contributed by atoms with van der Waals surface area (Å²) in [6.07, 6.45) is 69.5. The molecular formula is C75H160N4O6S2. The Bertz CT molecular complexity index is 1120. The predicted molar refractivity (Wildman–Crippen MR) is 396 cm³/mol. The Morgan fingerprint density at radius 3 is 1.02 bits per heavy atom. The van der Waals surface area contributed by atoms with Gasteiger partial charge in [-0.1, -0.05) is 278 Å². The van der Waals surface area contributed by atoms with Gasteiger partial charge in [-0.25, -0.2) is 9.78 Å². The topological polar surface area (TPSA) is 139 Å². The van der Waals surface area contributed by atoms with Crippen molar-refractivity contribution in [1.82, 2.24) is 20.9 Å². The van der Waals surface area contributed by atoms with Gasteiger partial charge in [0.15, 0.2) is 0 Å². The molecule has 0 saturated heterocycles. The summed E-state index contributed by atoms with van der Waals surface area (Å²) >= 11 is 7.65. The van der Waals surface area contributed by atoms with E-state index in [1.165, 1.54) is 244 Å². The fraction of sp³-hybridized carbons (Fsp3) is 0.947. The van der Waals surface area contributed by atoms with E-state index >= 15 is 0 Å². The summed E-state index contributed by atoms with van der Waals surface area (Å²) in [5, 5.41) is 51.3. The maximum absolute atomic E-state index is 10.8. The van der Waals surface area contributed by atoms with Crippen LogP contribution in [-0.2, 0) is 9.78 Å². The van der Waals surface area contributed by atoms with Crippen molar-refractivity contribution in [2.75, 3.05) is 78.2 Å². The molecule has 7 N–H and O–H groups in total. The Morgan fingerprint density at radius 1 is 0.379 bits per heavy atom. The third-order valence-corrected chi connectivity index (χ3v) is 16.2. The van der Waals surface area contributed by atoms with Crippen LogP contribution in [-0.4, -0.2) is 128 Å². The van der Waals surface area contributed by atoms with E-state index in [4.69, 9.17) is 9.78 Å². The average Bonchev–Trinajstić information content (AvgIpc) is 3.60. The lowest BCUT2D eigenvalue weighted by Crippen LogP contribution is -2.38. The van der Waals surface area contributed by atoms with Crippen molar-refractivity contribution >= 4 is 25.3 Å². The van der Waals surface area contributed by atoms with Crippen LogP contribution in [0.4, 0.5) is 0 Å². The van der Waals surface area contributed by atoms with Crippen LogP contribution >= 0.6 is 25.3 Å². The molecule has 0 bridgehead atoms. The zero-order valence-corrected chi connectivity index (χ0v) is 61.9. The number of rotatable bonds is 67. The molecule has 87 heavy (non-hydrogen) atoms. The molecule has 4 unspecified atom stereocenters. The van der Waals surface area contributed by atoms with Crippen molar-refractivity contribution in [3.05, 3.63) is 24.3 Å². The van der Waals surface area contributed by atoms with Crippen molar-refractivity contribution in [3.63, 3.8) is 0 Å². The second kappa shape index (κ2) is 92.2. The summed E-state index contributed by atoms with van der Waals surface area (Å²) in [7, 11) is 1.54. The van der Waals surface area contributed by atoms with Crippen molar-refractivity contribution < 1.29 is 30.2 Å². The van der Waals surface area contributed by atoms with Crippen LogP contribution in [0, 0.1) is 0 Å². The Balaban J connectivity index is -0.000000457. The highest BCUT2D eigenvalue weighted by molar-refractivity contribution is 7.80. The first kappa shape index (κ1) is 95.5. The molecule has 0 aromatic heterocycles. The number of thiol groups is 2.